The predicted molar refractivity (Wildman–Crippen MR) is 80.7 cm³/mol. The largest absolute Gasteiger partial charge is 0.486 e. The van der Waals surface area contributed by atoms with Gasteiger partial charge in [0.25, 0.3) is 0 Å². The van der Waals surface area contributed by atoms with Crippen LogP contribution in [-0.2, 0) is 6.54 Å². The second-order valence-corrected chi connectivity index (χ2v) is 4.97. The van der Waals surface area contributed by atoms with Crippen molar-refractivity contribution < 1.29 is 9.47 Å². The van der Waals surface area contributed by atoms with Gasteiger partial charge in [0.2, 0.25) is 0 Å². The van der Waals surface area contributed by atoms with E-state index in [1.165, 1.54) is 0 Å². The van der Waals surface area contributed by atoms with Gasteiger partial charge in [-0.3, -0.25) is 0 Å². The van der Waals surface area contributed by atoms with Gasteiger partial charge in [-0.15, -0.1) is 0 Å². The second kappa shape index (κ2) is 5.76. The van der Waals surface area contributed by atoms with E-state index in [0.29, 0.717) is 25.3 Å². The highest BCUT2D eigenvalue weighted by Crippen LogP contribution is 2.31. The van der Waals surface area contributed by atoms with Gasteiger partial charge < -0.3 is 14.8 Å². The van der Waals surface area contributed by atoms with Crippen molar-refractivity contribution in [1.82, 2.24) is 0 Å². The molecule has 2 aromatic carbocycles. The van der Waals surface area contributed by atoms with Crippen LogP contribution in [0.15, 0.2) is 36.4 Å². The molecule has 1 aliphatic rings. The van der Waals surface area contributed by atoms with Crippen LogP contribution in [-0.4, -0.2) is 13.2 Å². The highest BCUT2D eigenvalue weighted by Gasteiger charge is 2.11. The minimum atomic E-state index is 0.590. The third kappa shape index (κ3) is 2.92. The maximum absolute atomic E-state index is 8.96. The van der Waals surface area contributed by atoms with Gasteiger partial charge in [0, 0.05) is 12.2 Å². The summed E-state index contributed by atoms with van der Waals surface area (Å²) in [7, 11) is 0. The van der Waals surface area contributed by atoms with Gasteiger partial charge >= 0.3 is 0 Å². The number of benzene rings is 2. The molecule has 0 amide bonds. The van der Waals surface area contributed by atoms with E-state index in [2.05, 4.69) is 11.4 Å². The van der Waals surface area contributed by atoms with Crippen molar-refractivity contribution in [2.45, 2.75) is 13.5 Å². The Kier molecular flexibility index (Phi) is 3.65. The maximum Gasteiger partial charge on any atom is 0.161 e. The van der Waals surface area contributed by atoms with Crippen LogP contribution in [0.1, 0.15) is 16.7 Å². The molecule has 3 rings (SSSR count). The summed E-state index contributed by atoms with van der Waals surface area (Å²) < 4.78 is 11.1. The topological polar surface area (TPSA) is 54.3 Å². The van der Waals surface area contributed by atoms with Crippen molar-refractivity contribution >= 4 is 5.69 Å². The number of hydrogen-bond acceptors (Lipinski definition) is 4. The molecule has 0 aliphatic carbocycles. The first-order chi connectivity index (χ1) is 10.3. The van der Waals surface area contributed by atoms with Gasteiger partial charge in [0.1, 0.15) is 13.2 Å². The summed E-state index contributed by atoms with van der Waals surface area (Å²) in [6.07, 6.45) is 0. The zero-order chi connectivity index (χ0) is 14.7. The zero-order valence-electron chi connectivity index (χ0n) is 11.8. The second-order valence-electron chi connectivity index (χ2n) is 4.97. The van der Waals surface area contributed by atoms with Crippen molar-refractivity contribution in [1.29, 1.82) is 5.26 Å². The number of aryl methyl sites for hydroxylation is 1. The molecule has 0 radical (unpaired) electrons. The molecule has 0 fully saturated rings. The molecular weight excluding hydrogens is 264 g/mol. The molecule has 0 saturated carbocycles. The van der Waals surface area contributed by atoms with Gasteiger partial charge in [-0.2, -0.15) is 5.26 Å². The Hall–Kier alpha value is -2.67. The lowest BCUT2D eigenvalue weighted by molar-refractivity contribution is 0.171. The maximum atomic E-state index is 8.96. The fourth-order valence-electron chi connectivity index (χ4n) is 2.28. The number of rotatable bonds is 3. The van der Waals surface area contributed by atoms with Crippen LogP contribution in [0.25, 0.3) is 0 Å². The van der Waals surface area contributed by atoms with Crippen LogP contribution in [0.5, 0.6) is 11.5 Å². The van der Waals surface area contributed by atoms with E-state index in [-0.39, 0.29) is 0 Å². The molecule has 1 N–H and O–H groups in total. The molecule has 21 heavy (non-hydrogen) atoms. The van der Waals surface area contributed by atoms with Crippen LogP contribution in [0, 0.1) is 18.3 Å². The van der Waals surface area contributed by atoms with Crippen LogP contribution in [0.4, 0.5) is 5.69 Å². The number of fused-ring (bicyclic) bond motifs is 1. The summed E-state index contributed by atoms with van der Waals surface area (Å²) in [4.78, 5) is 0. The lowest BCUT2D eigenvalue weighted by atomic mass is 10.1. The van der Waals surface area contributed by atoms with E-state index in [9.17, 15) is 0 Å². The number of hydrogen-bond donors (Lipinski definition) is 1. The smallest absolute Gasteiger partial charge is 0.161 e. The SMILES string of the molecule is Cc1ccc(C#N)cc1NCc1ccc2c(c1)OCCO2. The molecule has 1 aliphatic heterocycles. The Labute approximate surface area is 123 Å². The molecule has 1 heterocycles. The Morgan fingerprint density at radius 2 is 1.90 bits per heavy atom. The van der Waals surface area contributed by atoms with E-state index in [0.717, 1.165) is 28.3 Å². The third-order valence-electron chi connectivity index (χ3n) is 3.46. The summed E-state index contributed by atoms with van der Waals surface area (Å²) in [6, 6.07) is 13.7. The fraction of sp³-hybridized carbons (Fsp3) is 0.235. The van der Waals surface area contributed by atoms with E-state index >= 15 is 0 Å². The molecule has 0 aromatic heterocycles. The Morgan fingerprint density at radius 3 is 2.71 bits per heavy atom. The Balaban J connectivity index is 1.74. The van der Waals surface area contributed by atoms with Crippen LogP contribution < -0.4 is 14.8 Å². The highest BCUT2D eigenvalue weighted by molar-refractivity contribution is 5.55. The lowest BCUT2D eigenvalue weighted by Gasteiger charge is -2.19. The van der Waals surface area contributed by atoms with Gasteiger partial charge in [-0.25, -0.2) is 0 Å². The third-order valence-corrected chi connectivity index (χ3v) is 3.46. The first-order valence-corrected chi connectivity index (χ1v) is 6.89. The summed E-state index contributed by atoms with van der Waals surface area (Å²) in [5, 5.41) is 12.3. The van der Waals surface area contributed by atoms with Crippen LogP contribution in [0.3, 0.4) is 0 Å². The van der Waals surface area contributed by atoms with Crippen LogP contribution >= 0.6 is 0 Å². The summed E-state index contributed by atoms with van der Waals surface area (Å²) in [5.74, 6) is 1.59. The highest BCUT2D eigenvalue weighted by atomic mass is 16.6. The van der Waals surface area contributed by atoms with Gasteiger partial charge in [0.15, 0.2) is 11.5 Å². The van der Waals surface area contributed by atoms with Crippen molar-refractivity contribution in [3.05, 3.63) is 53.1 Å². The number of ether oxygens (including phenoxy) is 2. The predicted octanol–water partition coefficient (Wildman–Crippen LogP) is 3.25. The average Bonchev–Trinajstić information content (AvgIpc) is 2.54. The minimum Gasteiger partial charge on any atom is -0.486 e. The van der Waals surface area contributed by atoms with Crippen molar-refractivity contribution in [3.8, 4) is 17.6 Å². The summed E-state index contributed by atoms with van der Waals surface area (Å²) in [6.45, 7) is 3.89. The molecule has 4 nitrogen and oxygen atoms in total. The number of nitrogens with zero attached hydrogens (tertiary/aromatic N) is 1. The van der Waals surface area contributed by atoms with E-state index in [1.54, 1.807) is 0 Å². The van der Waals surface area contributed by atoms with Crippen molar-refractivity contribution in [3.63, 3.8) is 0 Å². The van der Waals surface area contributed by atoms with Gasteiger partial charge in [0.05, 0.1) is 11.6 Å². The van der Waals surface area contributed by atoms with E-state index in [1.807, 2.05) is 43.3 Å². The minimum absolute atomic E-state index is 0.590. The van der Waals surface area contributed by atoms with Gasteiger partial charge in [-0.05, 0) is 42.3 Å². The first-order valence-electron chi connectivity index (χ1n) is 6.89. The molecule has 106 valence electrons. The first kappa shape index (κ1) is 13.3. The Bertz CT molecular complexity index is 704. The average molecular weight is 280 g/mol. The summed E-state index contributed by atoms with van der Waals surface area (Å²) in [5.41, 5.74) is 3.86. The van der Waals surface area contributed by atoms with E-state index in [4.69, 9.17) is 14.7 Å². The fourth-order valence-corrected chi connectivity index (χ4v) is 2.28. The lowest BCUT2D eigenvalue weighted by Crippen LogP contribution is -2.15. The number of anilines is 1. The quantitative estimate of drug-likeness (QED) is 0.937. The molecule has 4 heteroatoms. The normalized spacial score (nSPS) is 12.6. The Morgan fingerprint density at radius 1 is 1.10 bits per heavy atom. The van der Waals surface area contributed by atoms with E-state index < -0.39 is 0 Å². The number of nitriles is 1. The van der Waals surface area contributed by atoms with Crippen molar-refractivity contribution in [2.75, 3.05) is 18.5 Å². The molecular formula is C17H16N2O2. The van der Waals surface area contributed by atoms with Gasteiger partial charge in [-0.1, -0.05) is 12.1 Å². The molecule has 0 unspecified atom stereocenters. The molecule has 0 saturated heterocycles. The summed E-state index contributed by atoms with van der Waals surface area (Å²) >= 11 is 0. The number of nitrogens with one attached hydrogen (secondary N) is 1. The monoisotopic (exact) mass is 280 g/mol. The zero-order valence-corrected chi connectivity index (χ0v) is 11.8. The molecule has 0 bridgehead atoms. The van der Waals surface area contributed by atoms with Crippen LogP contribution in [0.2, 0.25) is 0 Å². The molecule has 0 atom stereocenters. The molecule has 2 aromatic rings. The van der Waals surface area contributed by atoms with Crippen molar-refractivity contribution in [2.24, 2.45) is 0 Å². The molecule has 0 spiro atoms. The standard InChI is InChI=1S/C17H16N2O2/c1-12-2-3-13(10-18)8-15(12)19-11-14-4-5-16-17(9-14)21-7-6-20-16/h2-5,8-9,19H,6-7,11H2,1H3.